The van der Waals surface area contributed by atoms with Crippen LogP contribution in [0.15, 0.2) is 42.5 Å². The Balaban J connectivity index is 1.88. The molecule has 0 saturated carbocycles. The molecule has 2 aromatic carbocycles. The van der Waals surface area contributed by atoms with Crippen LogP contribution >= 0.6 is 11.6 Å². The van der Waals surface area contributed by atoms with Crippen LogP contribution in [-0.4, -0.2) is 26.0 Å². The van der Waals surface area contributed by atoms with Gasteiger partial charge >= 0.3 is 0 Å². The third-order valence-electron chi connectivity index (χ3n) is 4.07. The van der Waals surface area contributed by atoms with Gasteiger partial charge in [-0.15, -0.1) is 0 Å². The minimum absolute atomic E-state index is 0.0650. The maximum atomic E-state index is 12.4. The molecule has 1 heterocycles. The summed E-state index contributed by atoms with van der Waals surface area (Å²) in [6.07, 6.45) is 0. The second kappa shape index (κ2) is 6.74. The van der Waals surface area contributed by atoms with Gasteiger partial charge in [-0.2, -0.15) is 0 Å². The zero-order chi connectivity index (χ0) is 19.1. The predicted octanol–water partition coefficient (Wildman–Crippen LogP) is 3.21. The lowest BCUT2D eigenvalue weighted by Crippen LogP contribution is -2.30. The molecule has 0 radical (unpaired) electrons. The van der Waals surface area contributed by atoms with Crippen LogP contribution in [-0.2, 0) is 14.8 Å². The topological polar surface area (TPSA) is 83.6 Å². The van der Waals surface area contributed by atoms with E-state index >= 15 is 0 Å². The van der Waals surface area contributed by atoms with Gasteiger partial charge in [0.15, 0.2) is 0 Å². The van der Waals surface area contributed by atoms with Crippen LogP contribution in [0.2, 0.25) is 5.02 Å². The summed E-state index contributed by atoms with van der Waals surface area (Å²) in [4.78, 5) is 24.6. The maximum Gasteiger partial charge on any atom is 0.257 e. The van der Waals surface area contributed by atoms with E-state index in [0.29, 0.717) is 5.69 Å². The van der Waals surface area contributed by atoms with Crippen molar-refractivity contribution < 1.29 is 18.0 Å². The first kappa shape index (κ1) is 18.4. The lowest BCUT2D eigenvalue weighted by molar-refractivity contribution is -0.119. The van der Waals surface area contributed by atoms with Crippen molar-refractivity contribution in [1.82, 2.24) is 0 Å². The molecule has 0 aromatic heterocycles. The summed E-state index contributed by atoms with van der Waals surface area (Å²) in [5, 5.41) is 2.80. The van der Waals surface area contributed by atoms with Crippen LogP contribution in [0.3, 0.4) is 0 Å². The minimum Gasteiger partial charge on any atom is -0.322 e. The standard InChI is InChI=1S/C18H17ClN2O4S/c1-11-4-3-5-13(8-11)20-17(22)15-7-6-14(9-16(15)19)21-18(23)12(2)10-26(21,24)25/h3-9,12H,10H2,1-2H3,(H,20,22). The number of nitrogens with one attached hydrogen (secondary N) is 1. The zero-order valence-electron chi connectivity index (χ0n) is 14.2. The molecule has 1 saturated heterocycles. The highest BCUT2D eigenvalue weighted by Gasteiger charge is 2.42. The number of carbonyl (C=O) groups is 2. The number of carbonyl (C=O) groups excluding carboxylic acids is 2. The SMILES string of the molecule is Cc1cccc(NC(=O)c2ccc(N3C(=O)C(C)CS3(=O)=O)cc2Cl)c1. The molecule has 1 fully saturated rings. The van der Waals surface area contributed by atoms with Crippen molar-refractivity contribution in [3.8, 4) is 0 Å². The molecule has 6 nitrogen and oxygen atoms in total. The molecular formula is C18H17ClN2O4S. The number of nitrogens with zero attached hydrogens (tertiary/aromatic N) is 1. The molecule has 136 valence electrons. The van der Waals surface area contributed by atoms with Crippen molar-refractivity contribution in [3.63, 3.8) is 0 Å². The summed E-state index contributed by atoms with van der Waals surface area (Å²) in [5.41, 5.74) is 1.95. The average molecular weight is 393 g/mol. The highest BCUT2D eigenvalue weighted by atomic mass is 35.5. The second-order valence-corrected chi connectivity index (χ2v) is 8.54. The molecule has 3 rings (SSSR count). The van der Waals surface area contributed by atoms with Crippen LogP contribution < -0.4 is 9.62 Å². The van der Waals surface area contributed by atoms with E-state index < -0.39 is 27.8 Å². The Kier molecular flexibility index (Phi) is 4.77. The number of sulfonamides is 1. The molecule has 0 aliphatic carbocycles. The molecule has 1 unspecified atom stereocenters. The summed E-state index contributed by atoms with van der Waals surface area (Å²) in [6, 6.07) is 11.4. The van der Waals surface area contributed by atoms with E-state index in [2.05, 4.69) is 5.32 Å². The Bertz CT molecular complexity index is 1000. The van der Waals surface area contributed by atoms with Gasteiger partial charge < -0.3 is 5.32 Å². The number of hydrogen-bond acceptors (Lipinski definition) is 4. The smallest absolute Gasteiger partial charge is 0.257 e. The van der Waals surface area contributed by atoms with E-state index in [1.54, 1.807) is 13.0 Å². The first-order valence-electron chi connectivity index (χ1n) is 7.93. The molecule has 0 bridgehead atoms. The van der Waals surface area contributed by atoms with Gasteiger partial charge in [0.05, 0.1) is 27.9 Å². The van der Waals surface area contributed by atoms with Crippen molar-refractivity contribution in [3.05, 3.63) is 58.6 Å². The Morgan fingerprint density at radius 1 is 1.23 bits per heavy atom. The van der Waals surface area contributed by atoms with Crippen molar-refractivity contribution >= 4 is 44.8 Å². The molecule has 26 heavy (non-hydrogen) atoms. The summed E-state index contributed by atoms with van der Waals surface area (Å²) >= 11 is 6.18. The van der Waals surface area contributed by atoms with Gasteiger partial charge in [0, 0.05) is 5.69 Å². The lowest BCUT2D eigenvalue weighted by atomic mass is 10.1. The third-order valence-corrected chi connectivity index (χ3v) is 6.25. The van der Waals surface area contributed by atoms with Crippen LogP contribution in [0.4, 0.5) is 11.4 Å². The van der Waals surface area contributed by atoms with E-state index in [4.69, 9.17) is 11.6 Å². The van der Waals surface area contributed by atoms with Crippen LogP contribution in [0, 0.1) is 12.8 Å². The van der Waals surface area contributed by atoms with Crippen molar-refractivity contribution in [1.29, 1.82) is 0 Å². The number of anilines is 2. The molecule has 2 aromatic rings. The van der Waals surface area contributed by atoms with Gasteiger partial charge in [-0.3, -0.25) is 9.59 Å². The van der Waals surface area contributed by atoms with E-state index in [1.807, 2.05) is 25.1 Å². The van der Waals surface area contributed by atoms with Crippen molar-refractivity contribution in [2.45, 2.75) is 13.8 Å². The van der Waals surface area contributed by atoms with Crippen molar-refractivity contribution in [2.75, 3.05) is 15.4 Å². The second-order valence-electron chi connectivity index (χ2n) is 6.27. The number of amides is 2. The monoisotopic (exact) mass is 392 g/mol. The molecule has 1 N–H and O–H groups in total. The third kappa shape index (κ3) is 3.45. The highest BCUT2D eigenvalue weighted by molar-refractivity contribution is 7.94. The fourth-order valence-corrected chi connectivity index (χ4v) is 4.90. The molecule has 2 amide bonds. The molecule has 1 aliphatic heterocycles. The maximum absolute atomic E-state index is 12.4. The van der Waals surface area contributed by atoms with E-state index in [1.165, 1.54) is 18.2 Å². The Hall–Kier alpha value is -2.38. The van der Waals surface area contributed by atoms with Crippen LogP contribution in [0.5, 0.6) is 0 Å². The number of hydrogen-bond donors (Lipinski definition) is 1. The van der Waals surface area contributed by atoms with Gasteiger partial charge in [0.25, 0.3) is 5.91 Å². The largest absolute Gasteiger partial charge is 0.322 e. The number of benzene rings is 2. The van der Waals surface area contributed by atoms with Crippen LogP contribution in [0.1, 0.15) is 22.8 Å². The molecule has 0 spiro atoms. The molecule has 8 heteroatoms. The Morgan fingerprint density at radius 2 is 1.96 bits per heavy atom. The zero-order valence-corrected chi connectivity index (χ0v) is 15.8. The highest BCUT2D eigenvalue weighted by Crippen LogP contribution is 2.31. The van der Waals surface area contributed by atoms with E-state index in [9.17, 15) is 18.0 Å². The normalized spacial score (nSPS) is 18.8. The summed E-state index contributed by atoms with van der Waals surface area (Å²) in [5.74, 6) is -1.77. The molecule has 1 atom stereocenters. The number of halogens is 1. The quantitative estimate of drug-likeness (QED) is 0.869. The summed E-state index contributed by atoms with van der Waals surface area (Å²) in [6.45, 7) is 3.47. The predicted molar refractivity (Wildman–Crippen MR) is 101 cm³/mol. The van der Waals surface area contributed by atoms with E-state index in [0.717, 1.165) is 9.87 Å². The van der Waals surface area contributed by atoms with E-state index in [-0.39, 0.29) is 22.0 Å². The number of aryl methyl sites for hydroxylation is 1. The van der Waals surface area contributed by atoms with Gasteiger partial charge in [0.2, 0.25) is 15.9 Å². The van der Waals surface area contributed by atoms with Crippen LogP contribution in [0.25, 0.3) is 0 Å². The number of rotatable bonds is 3. The van der Waals surface area contributed by atoms with Gasteiger partial charge in [-0.05, 0) is 42.8 Å². The first-order chi connectivity index (χ1) is 12.2. The Morgan fingerprint density at radius 3 is 2.54 bits per heavy atom. The minimum atomic E-state index is -3.72. The summed E-state index contributed by atoms with van der Waals surface area (Å²) in [7, 11) is -3.72. The van der Waals surface area contributed by atoms with Gasteiger partial charge in [0.1, 0.15) is 0 Å². The summed E-state index contributed by atoms with van der Waals surface area (Å²) < 4.78 is 25.1. The van der Waals surface area contributed by atoms with Gasteiger partial charge in [-0.1, -0.05) is 30.7 Å². The Labute approximate surface area is 156 Å². The fraction of sp³-hybridized carbons (Fsp3) is 0.222. The molecular weight excluding hydrogens is 376 g/mol. The van der Waals surface area contributed by atoms with Crippen molar-refractivity contribution in [2.24, 2.45) is 5.92 Å². The first-order valence-corrected chi connectivity index (χ1v) is 9.92. The lowest BCUT2D eigenvalue weighted by Gasteiger charge is -2.16. The fourth-order valence-electron chi connectivity index (χ4n) is 2.82. The average Bonchev–Trinajstić information content (AvgIpc) is 2.74. The van der Waals surface area contributed by atoms with Gasteiger partial charge in [-0.25, -0.2) is 12.7 Å². The molecule has 1 aliphatic rings.